The van der Waals surface area contributed by atoms with Crippen molar-refractivity contribution in [3.63, 3.8) is 0 Å². The maximum atomic E-state index is 3.92. The molecule has 0 spiro atoms. The van der Waals surface area contributed by atoms with Gasteiger partial charge in [-0.25, -0.2) is 0 Å². The zero-order valence-corrected chi connectivity index (χ0v) is 11.1. The van der Waals surface area contributed by atoms with Gasteiger partial charge in [-0.3, -0.25) is 5.10 Å². The minimum Gasteiger partial charge on any atom is -0.307 e. The first-order chi connectivity index (χ1) is 8.74. The topological polar surface area (TPSA) is 40.7 Å². The molecule has 0 bridgehead atoms. The van der Waals surface area contributed by atoms with Crippen LogP contribution in [0, 0.1) is 5.92 Å². The van der Waals surface area contributed by atoms with Crippen LogP contribution in [0.3, 0.4) is 0 Å². The van der Waals surface area contributed by atoms with Crippen molar-refractivity contribution in [1.29, 1.82) is 0 Å². The molecule has 0 aliphatic heterocycles. The van der Waals surface area contributed by atoms with Crippen LogP contribution in [0.1, 0.15) is 30.7 Å². The fourth-order valence-corrected chi connectivity index (χ4v) is 1.99. The second kappa shape index (κ2) is 6.36. The zero-order chi connectivity index (χ0) is 12.8. The van der Waals surface area contributed by atoms with Crippen molar-refractivity contribution in [3.8, 4) is 0 Å². The normalized spacial score (nSPS) is 11.1. The number of hydrogen-bond acceptors (Lipinski definition) is 2. The summed E-state index contributed by atoms with van der Waals surface area (Å²) >= 11 is 0. The summed E-state index contributed by atoms with van der Waals surface area (Å²) < 4.78 is 0. The van der Waals surface area contributed by atoms with Crippen LogP contribution in [0.5, 0.6) is 0 Å². The van der Waals surface area contributed by atoms with Crippen LogP contribution < -0.4 is 5.32 Å². The lowest BCUT2D eigenvalue weighted by Crippen LogP contribution is -2.12. The molecular weight excluding hydrogens is 222 g/mol. The van der Waals surface area contributed by atoms with Crippen LogP contribution in [-0.4, -0.2) is 10.2 Å². The van der Waals surface area contributed by atoms with E-state index in [0.717, 1.165) is 25.2 Å². The van der Waals surface area contributed by atoms with Gasteiger partial charge in [0.25, 0.3) is 0 Å². The van der Waals surface area contributed by atoms with Gasteiger partial charge >= 0.3 is 0 Å². The summed E-state index contributed by atoms with van der Waals surface area (Å²) in [5, 5.41) is 10.3. The highest BCUT2D eigenvalue weighted by Crippen LogP contribution is 2.09. The lowest BCUT2D eigenvalue weighted by atomic mass is 10.0. The van der Waals surface area contributed by atoms with Gasteiger partial charge in [0.2, 0.25) is 0 Å². The van der Waals surface area contributed by atoms with Gasteiger partial charge in [-0.1, -0.05) is 38.1 Å². The Morgan fingerprint density at radius 3 is 2.39 bits per heavy atom. The predicted octanol–water partition coefficient (Wildman–Crippen LogP) is 2.90. The van der Waals surface area contributed by atoms with Crippen LogP contribution in [0.4, 0.5) is 0 Å². The van der Waals surface area contributed by atoms with Crippen molar-refractivity contribution in [2.75, 3.05) is 0 Å². The van der Waals surface area contributed by atoms with Gasteiger partial charge in [-0.2, -0.15) is 5.10 Å². The Labute approximate surface area is 109 Å². The van der Waals surface area contributed by atoms with Crippen molar-refractivity contribution in [2.24, 2.45) is 5.92 Å². The van der Waals surface area contributed by atoms with Crippen molar-refractivity contribution in [3.05, 3.63) is 53.3 Å². The zero-order valence-electron chi connectivity index (χ0n) is 11.1. The monoisotopic (exact) mass is 243 g/mol. The highest BCUT2D eigenvalue weighted by atomic mass is 15.1. The van der Waals surface area contributed by atoms with E-state index in [-0.39, 0.29) is 0 Å². The molecule has 0 aliphatic carbocycles. The first kappa shape index (κ1) is 12.8. The van der Waals surface area contributed by atoms with Crippen LogP contribution in [-0.2, 0) is 19.5 Å². The number of aromatic nitrogens is 2. The minimum absolute atomic E-state index is 0.717. The Bertz CT molecular complexity index is 443. The third kappa shape index (κ3) is 4.00. The van der Waals surface area contributed by atoms with E-state index in [1.54, 1.807) is 6.20 Å². The van der Waals surface area contributed by atoms with Crippen LogP contribution in [0.2, 0.25) is 0 Å². The van der Waals surface area contributed by atoms with Gasteiger partial charge in [0.1, 0.15) is 0 Å². The lowest BCUT2D eigenvalue weighted by molar-refractivity contribution is 0.646. The van der Waals surface area contributed by atoms with E-state index >= 15 is 0 Å². The van der Waals surface area contributed by atoms with E-state index in [1.165, 1.54) is 11.1 Å². The summed E-state index contributed by atoms with van der Waals surface area (Å²) in [6, 6.07) is 10.9. The molecular formula is C15H21N3. The van der Waals surface area contributed by atoms with E-state index in [2.05, 4.69) is 53.6 Å². The number of nitrogens with one attached hydrogen (secondary N) is 2. The van der Waals surface area contributed by atoms with Crippen LogP contribution in [0.25, 0.3) is 0 Å². The highest BCUT2D eigenvalue weighted by molar-refractivity contribution is 5.22. The summed E-state index contributed by atoms with van der Waals surface area (Å²) in [6.07, 6.45) is 2.93. The van der Waals surface area contributed by atoms with E-state index in [1.807, 2.05) is 6.07 Å². The predicted molar refractivity (Wildman–Crippen MR) is 74.1 cm³/mol. The Morgan fingerprint density at radius 2 is 1.78 bits per heavy atom. The molecule has 3 heteroatoms. The maximum absolute atomic E-state index is 3.92. The van der Waals surface area contributed by atoms with Crippen molar-refractivity contribution in [1.82, 2.24) is 15.5 Å². The number of hydrogen-bond donors (Lipinski definition) is 2. The Balaban J connectivity index is 1.79. The average Bonchev–Trinajstić information content (AvgIpc) is 2.84. The molecule has 0 amide bonds. The van der Waals surface area contributed by atoms with Crippen molar-refractivity contribution in [2.45, 2.75) is 33.4 Å². The fourth-order valence-electron chi connectivity index (χ4n) is 1.99. The molecule has 1 aromatic heterocycles. The summed E-state index contributed by atoms with van der Waals surface area (Å²) in [5.41, 5.74) is 3.86. The summed E-state index contributed by atoms with van der Waals surface area (Å²) in [5.74, 6) is 0.717. The number of H-pyrrole nitrogens is 1. The highest BCUT2D eigenvalue weighted by Gasteiger charge is 1.99. The van der Waals surface area contributed by atoms with Gasteiger partial charge in [0.05, 0.1) is 0 Å². The Morgan fingerprint density at radius 1 is 1.06 bits per heavy atom. The molecule has 3 nitrogen and oxygen atoms in total. The van der Waals surface area contributed by atoms with Gasteiger partial charge < -0.3 is 5.32 Å². The SMILES string of the molecule is CC(C)Cc1ccc(CNCc2ccn[nH]2)cc1. The Hall–Kier alpha value is -1.61. The molecule has 1 aromatic carbocycles. The number of aromatic amines is 1. The molecule has 1 heterocycles. The molecule has 18 heavy (non-hydrogen) atoms. The fraction of sp³-hybridized carbons (Fsp3) is 0.400. The number of rotatable bonds is 6. The number of nitrogens with zero attached hydrogens (tertiary/aromatic N) is 1. The van der Waals surface area contributed by atoms with Crippen molar-refractivity contribution < 1.29 is 0 Å². The molecule has 0 fully saturated rings. The van der Waals surface area contributed by atoms with Gasteiger partial charge in [0.15, 0.2) is 0 Å². The molecule has 0 saturated carbocycles. The van der Waals surface area contributed by atoms with Crippen LogP contribution in [0.15, 0.2) is 36.5 Å². The molecule has 0 unspecified atom stereocenters. The largest absolute Gasteiger partial charge is 0.307 e. The maximum Gasteiger partial charge on any atom is 0.0490 e. The summed E-state index contributed by atoms with van der Waals surface area (Å²) in [4.78, 5) is 0. The molecule has 0 atom stereocenters. The standard InChI is InChI=1S/C15H21N3/c1-12(2)9-13-3-5-14(6-4-13)10-16-11-15-7-8-17-18-15/h3-8,12,16H,9-11H2,1-2H3,(H,17,18). The lowest BCUT2D eigenvalue weighted by Gasteiger charge is -2.07. The smallest absolute Gasteiger partial charge is 0.0490 e. The third-order valence-corrected chi connectivity index (χ3v) is 2.87. The van der Waals surface area contributed by atoms with Crippen LogP contribution >= 0.6 is 0 Å². The first-order valence-corrected chi connectivity index (χ1v) is 6.51. The molecule has 2 rings (SSSR count). The summed E-state index contributed by atoms with van der Waals surface area (Å²) in [7, 11) is 0. The van der Waals surface area contributed by atoms with E-state index in [9.17, 15) is 0 Å². The second-order valence-electron chi connectivity index (χ2n) is 5.10. The quantitative estimate of drug-likeness (QED) is 0.819. The molecule has 0 saturated heterocycles. The molecule has 0 aliphatic rings. The Kier molecular flexibility index (Phi) is 4.53. The average molecular weight is 243 g/mol. The number of benzene rings is 1. The van der Waals surface area contributed by atoms with Gasteiger partial charge in [-0.05, 0) is 29.5 Å². The van der Waals surface area contributed by atoms with E-state index in [4.69, 9.17) is 0 Å². The third-order valence-electron chi connectivity index (χ3n) is 2.87. The van der Waals surface area contributed by atoms with E-state index in [0.29, 0.717) is 5.92 Å². The second-order valence-corrected chi connectivity index (χ2v) is 5.10. The van der Waals surface area contributed by atoms with Gasteiger partial charge in [0, 0.05) is 25.0 Å². The molecule has 2 aromatic rings. The molecule has 2 N–H and O–H groups in total. The van der Waals surface area contributed by atoms with Crippen molar-refractivity contribution >= 4 is 0 Å². The summed E-state index contributed by atoms with van der Waals surface area (Å²) in [6.45, 7) is 6.22. The molecule has 0 radical (unpaired) electrons. The minimum atomic E-state index is 0.717. The first-order valence-electron chi connectivity index (χ1n) is 6.51. The van der Waals surface area contributed by atoms with E-state index < -0.39 is 0 Å². The molecule has 96 valence electrons. The van der Waals surface area contributed by atoms with Gasteiger partial charge in [-0.15, -0.1) is 0 Å².